The zero-order chi connectivity index (χ0) is 19.2. The summed E-state index contributed by atoms with van der Waals surface area (Å²) in [4.78, 5) is 0. The Balaban J connectivity index is 1.73. The van der Waals surface area contributed by atoms with Gasteiger partial charge in [-0.25, -0.2) is 17.1 Å². The summed E-state index contributed by atoms with van der Waals surface area (Å²) in [5, 5.41) is 0. The summed E-state index contributed by atoms with van der Waals surface area (Å²) in [5.41, 5.74) is 5.10. The Kier molecular flexibility index (Phi) is 4.56. The fourth-order valence-electron chi connectivity index (χ4n) is 3.87. The van der Waals surface area contributed by atoms with Gasteiger partial charge < -0.3 is 4.74 Å². The average molecular weight is 387 g/mol. The van der Waals surface area contributed by atoms with E-state index in [1.54, 1.807) is 14.0 Å². The molecule has 4 nitrogen and oxygen atoms in total. The molecule has 1 heterocycles. The molecule has 6 heteroatoms. The minimum atomic E-state index is -3.28. The smallest absolute Gasteiger partial charge is 0.213 e. The zero-order valence-electron chi connectivity index (χ0n) is 15.4. The van der Waals surface area contributed by atoms with Crippen molar-refractivity contribution in [3.05, 3.63) is 70.5 Å². The first kappa shape index (κ1) is 18.2. The van der Waals surface area contributed by atoms with Crippen LogP contribution in [0, 0.1) is 5.82 Å². The lowest BCUT2D eigenvalue weighted by Gasteiger charge is -2.21. The summed E-state index contributed by atoms with van der Waals surface area (Å²) in [5.74, 6) is 0.436. The minimum Gasteiger partial charge on any atom is -0.488 e. The lowest BCUT2D eigenvalue weighted by Crippen LogP contribution is -2.35. The first-order valence-electron chi connectivity index (χ1n) is 9.10. The molecule has 0 bridgehead atoms. The summed E-state index contributed by atoms with van der Waals surface area (Å²) in [6.07, 6.45) is 1.03. The molecule has 2 aliphatic rings. The van der Waals surface area contributed by atoms with Crippen LogP contribution in [0.25, 0.3) is 11.3 Å². The number of hydrogen-bond donors (Lipinski definition) is 0. The number of halogens is 1. The number of fused-ring (bicyclic) bond motifs is 4. The molecule has 142 valence electrons. The fraction of sp³-hybridized carbons (Fsp3) is 0.333. The molecule has 0 saturated carbocycles. The Labute approximate surface area is 159 Å². The second-order valence-electron chi connectivity index (χ2n) is 7.07. The van der Waals surface area contributed by atoms with Crippen LogP contribution in [0.3, 0.4) is 0 Å². The predicted molar refractivity (Wildman–Crippen MR) is 104 cm³/mol. The number of benzene rings is 2. The van der Waals surface area contributed by atoms with E-state index in [0.29, 0.717) is 12.2 Å². The van der Waals surface area contributed by atoms with E-state index in [2.05, 4.69) is 12.1 Å². The third-order valence-corrected chi connectivity index (χ3v) is 7.16. The molecule has 4 rings (SSSR count). The first-order chi connectivity index (χ1) is 12.9. The average Bonchev–Trinajstić information content (AvgIpc) is 3.02. The van der Waals surface area contributed by atoms with E-state index in [4.69, 9.17) is 4.74 Å². The number of sulfonamides is 1. The summed E-state index contributed by atoms with van der Waals surface area (Å²) in [6, 6.07) is 12.9. The topological polar surface area (TPSA) is 46.6 Å². The Hall–Kier alpha value is -2.18. The van der Waals surface area contributed by atoms with Crippen LogP contribution in [-0.4, -0.2) is 38.2 Å². The van der Waals surface area contributed by atoms with Crippen molar-refractivity contribution in [1.82, 2.24) is 4.31 Å². The molecular formula is C21H22FNO3S. The summed E-state index contributed by atoms with van der Waals surface area (Å²) in [7, 11) is -1.70. The standard InChI is InChI=1S/C21H22FNO3S/c1-3-27(24,25)23(2)13-17-12-20-18-7-5-4-6-14(18)10-15-8-9-16(22)11-19(15)21(20)26-17/h4-9,11,17H,3,10,12-13H2,1-2H3. The van der Waals surface area contributed by atoms with Gasteiger partial charge in [-0.05, 0) is 42.2 Å². The molecule has 0 spiro atoms. The first-order valence-corrected chi connectivity index (χ1v) is 10.7. The van der Waals surface area contributed by atoms with Gasteiger partial charge in [-0.15, -0.1) is 0 Å². The molecule has 0 radical (unpaired) electrons. The van der Waals surface area contributed by atoms with E-state index in [1.165, 1.54) is 22.0 Å². The van der Waals surface area contributed by atoms with E-state index in [0.717, 1.165) is 28.7 Å². The minimum absolute atomic E-state index is 0.0558. The van der Waals surface area contributed by atoms with Gasteiger partial charge in [0.25, 0.3) is 0 Å². The normalized spacial score (nSPS) is 18.6. The zero-order valence-corrected chi connectivity index (χ0v) is 16.2. The highest BCUT2D eigenvalue weighted by atomic mass is 32.2. The summed E-state index contributed by atoms with van der Waals surface area (Å²) < 4.78 is 45.7. The van der Waals surface area contributed by atoms with Crippen LogP contribution in [0.2, 0.25) is 0 Å². The van der Waals surface area contributed by atoms with Gasteiger partial charge in [0.15, 0.2) is 0 Å². The van der Waals surface area contributed by atoms with Gasteiger partial charge >= 0.3 is 0 Å². The number of nitrogens with zero attached hydrogens (tertiary/aromatic N) is 1. The van der Waals surface area contributed by atoms with Gasteiger partial charge in [-0.3, -0.25) is 0 Å². The molecule has 1 aliphatic carbocycles. The van der Waals surface area contributed by atoms with E-state index in [9.17, 15) is 12.8 Å². The molecule has 0 saturated heterocycles. The second kappa shape index (κ2) is 6.77. The van der Waals surface area contributed by atoms with Crippen molar-refractivity contribution in [1.29, 1.82) is 0 Å². The van der Waals surface area contributed by atoms with Crippen LogP contribution in [0.4, 0.5) is 4.39 Å². The van der Waals surface area contributed by atoms with Crippen LogP contribution in [-0.2, 0) is 21.2 Å². The van der Waals surface area contributed by atoms with Crippen molar-refractivity contribution < 1.29 is 17.5 Å². The van der Waals surface area contributed by atoms with Crippen molar-refractivity contribution in [2.75, 3.05) is 19.3 Å². The lowest BCUT2D eigenvalue weighted by atomic mass is 9.95. The highest BCUT2D eigenvalue weighted by molar-refractivity contribution is 7.89. The largest absolute Gasteiger partial charge is 0.488 e. The Morgan fingerprint density at radius 3 is 2.67 bits per heavy atom. The lowest BCUT2D eigenvalue weighted by molar-refractivity contribution is 0.168. The van der Waals surface area contributed by atoms with E-state index in [-0.39, 0.29) is 24.2 Å². The molecule has 0 aromatic heterocycles. The van der Waals surface area contributed by atoms with Gasteiger partial charge in [0.1, 0.15) is 17.7 Å². The van der Waals surface area contributed by atoms with Crippen LogP contribution >= 0.6 is 0 Å². The van der Waals surface area contributed by atoms with Gasteiger partial charge in [0, 0.05) is 24.6 Å². The third-order valence-electron chi connectivity index (χ3n) is 5.33. The molecule has 0 fully saturated rings. The maximum Gasteiger partial charge on any atom is 0.213 e. The van der Waals surface area contributed by atoms with Crippen molar-refractivity contribution in [2.45, 2.75) is 25.9 Å². The van der Waals surface area contributed by atoms with E-state index < -0.39 is 10.0 Å². The van der Waals surface area contributed by atoms with Gasteiger partial charge in [0.05, 0.1) is 12.3 Å². The third kappa shape index (κ3) is 3.28. The Morgan fingerprint density at radius 2 is 1.89 bits per heavy atom. The van der Waals surface area contributed by atoms with Gasteiger partial charge in [-0.2, -0.15) is 0 Å². The molecule has 27 heavy (non-hydrogen) atoms. The van der Waals surface area contributed by atoms with Crippen molar-refractivity contribution >= 4 is 21.4 Å². The van der Waals surface area contributed by atoms with Gasteiger partial charge in [-0.1, -0.05) is 30.3 Å². The number of ether oxygens (including phenoxy) is 1. The number of hydrogen-bond acceptors (Lipinski definition) is 3. The summed E-state index contributed by atoms with van der Waals surface area (Å²) >= 11 is 0. The van der Waals surface area contributed by atoms with Gasteiger partial charge in [0.2, 0.25) is 10.0 Å². The maximum absolute atomic E-state index is 14.0. The molecule has 1 unspecified atom stereocenters. The highest BCUT2D eigenvalue weighted by Crippen LogP contribution is 2.44. The highest BCUT2D eigenvalue weighted by Gasteiger charge is 2.34. The van der Waals surface area contributed by atoms with E-state index in [1.807, 2.05) is 18.2 Å². The summed E-state index contributed by atoms with van der Waals surface area (Å²) in [6.45, 7) is 1.90. The van der Waals surface area contributed by atoms with Crippen molar-refractivity contribution in [2.24, 2.45) is 0 Å². The van der Waals surface area contributed by atoms with Crippen LogP contribution in [0.5, 0.6) is 0 Å². The molecule has 1 atom stereocenters. The van der Waals surface area contributed by atoms with Crippen LogP contribution in [0.15, 0.2) is 42.5 Å². The SMILES string of the molecule is CCS(=O)(=O)N(C)CC1CC2=C(O1)c1cc(F)ccc1Cc1ccccc12. The number of rotatable bonds is 4. The fourth-order valence-corrected chi connectivity index (χ4v) is 4.70. The number of likely N-dealkylation sites (N-methyl/N-ethyl adjacent to an activating group) is 1. The molecule has 2 aromatic rings. The maximum atomic E-state index is 14.0. The van der Waals surface area contributed by atoms with Crippen molar-refractivity contribution in [3.8, 4) is 0 Å². The Morgan fingerprint density at radius 1 is 1.15 bits per heavy atom. The van der Waals surface area contributed by atoms with Crippen LogP contribution < -0.4 is 0 Å². The monoisotopic (exact) mass is 387 g/mol. The second-order valence-corrected chi connectivity index (χ2v) is 9.43. The quantitative estimate of drug-likeness (QED) is 0.804. The molecule has 2 aromatic carbocycles. The molecule has 0 N–H and O–H groups in total. The predicted octanol–water partition coefficient (Wildman–Crippen LogP) is 3.67. The van der Waals surface area contributed by atoms with Crippen molar-refractivity contribution in [3.63, 3.8) is 0 Å². The molecule has 1 aliphatic heterocycles. The van der Waals surface area contributed by atoms with Crippen LogP contribution in [0.1, 0.15) is 35.6 Å². The van der Waals surface area contributed by atoms with E-state index >= 15 is 0 Å². The molecule has 0 amide bonds. The molecular weight excluding hydrogens is 365 g/mol. The Bertz CT molecular complexity index is 1030.